The molecule has 1 aliphatic rings. The Bertz CT molecular complexity index is 1020. The van der Waals surface area contributed by atoms with Crippen molar-refractivity contribution in [2.24, 2.45) is 0 Å². The number of hydrazine groups is 1. The standard InChI is InChI=1S/C19H20N6O4S/c1-12(30-19-22-23-24-25(19)13-7-8-13)17(26)20-21-18(27)16-10-9-15(29-16)11-28-14-5-3-2-4-6-14/h2-6,9-10,12-13H,7-8,11H2,1H3,(H,20,26)(H,21,27). The molecule has 2 N–H and O–H groups in total. The Morgan fingerprint density at radius 1 is 1.23 bits per heavy atom. The lowest BCUT2D eigenvalue weighted by Crippen LogP contribution is -2.44. The molecule has 0 aliphatic heterocycles. The fourth-order valence-corrected chi connectivity index (χ4v) is 3.41. The molecule has 1 unspecified atom stereocenters. The SMILES string of the molecule is CC(Sc1nnnn1C1CC1)C(=O)NNC(=O)c1ccc(COc2ccccc2)o1. The number of rotatable bonds is 8. The van der Waals surface area contributed by atoms with E-state index < -0.39 is 11.2 Å². The number of furan rings is 1. The van der Waals surface area contributed by atoms with Crippen LogP contribution in [-0.2, 0) is 11.4 Å². The van der Waals surface area contributed by atoms with E-state index in [0.717, 1.165) is 12.8 Å². The third-order valence-corrected chi connectivity index (χ3v) is 5.36. The largest absolute Gasteiger partial charge is 0.486 e. The average molecular weight is 428 g/mol. The van der Waals surface area contributed by atoms with Gasteiger partial charge in [-0.25, -0.2) is 4.68 Å². The van der Waals surface area contributed by atoms with Gasteiger partial charge in [0.15, 0.2) is 5.76 Å². The van der Waals surface area contributed by atoms with Crippen molar-refractivity contribution in [3.05, 3.63) is 54.0 Å². The van der Waals surface area contributed by atoms with Gasteiger partial charge in [-0.05, 0) is 54.5 Å². The molecule has 0 bridgehead atoms. The molecular weight excluding hydrogens is 408 g/mol. The average Bonchev–Trinajstić information content (AvgIpc) is 3.31. The first-order valence-electron chi connectivity index (χ1n) is 9.41. The van der Waals surface area contributed by atoms with Gasteiger partial charge >= 0.3 is 5.91 Å². The fourth-order valence-electron chi connectivity index (χ4n) is 2.55. The monoisotopic (exact) mass is 428 g/mol. The fraction of sp³-hybridized carbons (Fsp3) is 0.316. The van der Waals surface area contributed by atoms with Crippen molar-refractivity contribution < 1.29 is 18.7 Å². The number of carbonyl (C=O) groups is 2. The minimum Gasteiger partial charge on any atom is -0.486 e. The van der Waals surface area contributed by atoms with E-state index in [9.17, 15) is 9.59 Å². The van der Waals surface area contributed by atoms with Crippen LogP contribution < -0.4 is 15.6 Å². The smallest absolute Gasteiger partial charge is 0.305 e. The van der Waals surface area contributed by atoms with Gasteiger partial charge in [0.25, 0.3) is 5.91 Å². The second-order valence-electron chi connectivity index (χ2n) is 6.71. The van der Waals surface area contributed by atoms with Gasteiger partial charge in [-0.2, -0.15) is 0 Å². The highest BCUT2D eigenvalue weighted by Gasteiger charge is 2.29. The van der Waals surface area contributed by atoms with E-state index in [1.165, 1.54) is 17.8 Å². The zero-order valence-corrected chi connectivity index (χ0v) is 17.0. The van der Waals surface area contributed by atoms with Crippen LogP contribution in [0.15, 0.2) is 52.0 Å². The van der Waals surface area contributed by atoms with Crippen molar-refractivity contribution >= 4 is 23.6 Å². The molecular formula is C19H20N6O4S. The van der Waals surface area contributed by atoms with Crippen LogP contribution >= 0.6 is 11.8 Å². The van der Waals surface area contributed by atoms with Crippen molar-refractivity contribution in [3.8, 4) is 5.75 Å². The maximum absolute atomic E-state index is 12.3. The van der Waals surface area contributed by atoms with Gasteiger partial charge in [-0.1, -0.05) is 30.0 Å². The second-order valence-corrected chi connectivity index (χ2v) is 8.02. The highest BCUT2D eigenvalue weighted by molar-refractivity contribution is 8.00. The van der Waals surface area contributed by atoms with E-state index in [-0.39, 0.29) is 18.3 Å². The Kier molecular flexibility index (Phi) is 5.98. The topological polar surface area (TPSA) is 124 Å². The molecule has 1 aromatic carbocycles. The van der Waals surface area contributed by atoms with E-state index >= 15 is 0 Å². The quantitative estimate of drug-likeness (QED) is 0.413. The maximum Gasteiger partial charge on any atom is 0.305 e. The summed E-state index contributed by atoms with van der Waals surface area (Å²) in [6.45, 7) is 1.90. The molecule has 30 heavy (non-hydrogen) atoms. The van der Waals surface area contributed by atoms with Crippen LogP contribution in [0.1, 0.15) is 42.1 Å². The number of amides is 2. The van der Waals surface area contributed by atoms with Gasteiger partial charge in [0.1, 0.15) is 18.1 Å². The molecule has 0 radical (unpaired) electrons. The third-order valence-electron chi connectivity index (χ3n) is 4.32. The number of nitrogens with zero attached hydrogens (tertiary/aromatic N) is 4. The Hall–Kier alpha value is -3.34. The van der Waals surface area contributed by atoms with Gasteiger partial charge in [-0.15, -0.1) is 5.10 Å². The number of carbonyl (C=O) groups excluding carboxylic acids is 2. The lowest BCUT2D eigenvalue weighted by Gasteiger charge is -2.11. The van der Waals surface area contributed by atoms with Crippen molar-refractivity contribution in [2.45, 2.75) is 42.8 Å². The Labute approximate surface area is 176 Å². The molecule has 2 heterocycles. The van der Waals surface area contributed by atoms with Gasteiger partial charge in [0.2, 0.25) is 5.16 Å². The highest BCUT2D eigenvalue weighted by Crippen LogP contribution is 2.37. The van der Waals surface area contributed by atoms with Crippen molar-refractivity contribution in [1.29, 1.82) is 0 Å². The lowest BCUT2D eigenvalue weighted by molar-refractivity contribution is -0.121. The summed E-state index contributed by atoms with van der Waals surface area (Å²) >= 11 is 1.23. The van der Waals surface area contributed by atoms with Crippen LogP contribution in [0.5, 0.6) is 5.75 Å². The predicted octanol–water partition coefficient (Wildman–Crippen LogP) is 2.12. The number of thioether (sulfide) groups is 1. The molecule has 1 saturated carbocycles. The number of hydrogen-bond donors (Lipinski definition) is 2. The molecule has 156 valence electrons. The van der Waals surface area contributed by atoms with Crippen molar-refractivity contribution in [1.82, 2.24) is 31.1 Å². The molecule has 1 fully saturated rings. The molecule has 0 saturated heterocycles. The summed E-state index contributed by atoms with van der Waals surface area (Å²) in [6.07, 6.45) is 2.08. The minimum absolute atomic E-state index is 0.0694. The van der Waals surface area contributed by atoms with Crippen LogP contribution in [0.25, 0.3) is 0 Å². The number of benzene rings is 1. The molecule has 3 aromatic rings. The van der Waals surface area contributed by atoms with E-state index in [1.807, 2.05) is 30.3 Å². The number of ether oxygens (including phenoxy) is 1. The summed E-state index contributed by atoms with van der Waals surface area (Å²) in [7, 11) is 0. The summed E-state index contributed by atoms with van der Waals surface area (Å²) in [6, 6.07) is 12.8. The normalized spacial score (nSPS) is 14.2. The Balaban J connectivity index is 1.24. The first-order chi connectivity index (χ1) is 14.6. The van der Waals surface area contributed by atoms with E-state index in [4.69, 9.17) is 9.15 Å². The van der Waals surface area contributed by atoms with Gasteiger partial charge in [0, 0.05) is 0 Å². The number of hydrogen-bond acceptors (Lipinski definition) is 8. The second kappa shape index (κ2) is 8.99. The van der Waals surface area contributed by atoms with E-state index in [1.54, 1.807) is 17.7 Å². The first-order valence-corrected chi connectivity index (χ1v) is 10.3. The summed E-state index contributed by atoms with van der Waals surface area (Å²) in [4.78, 5) is 24.5. The predicted molar refractivity (Wildman–Crippen MR) is 106 cm³/mol. The highest BCUT2D eigenvalue weighted by atomic mass is 32.2. The molecule has 1 aliphatic carbocycles. The molecule has 10 nitrogen and oxygen atoms in total. The third kappa shape index (κ3) is 4.98. The van der Waals surface area contributed by atoms with Crippen molar-refractivity contribution in [3.63, 3.8) is 0 Å². The van der Waals surface area contributed by atoms with Gasteiger partial charge < -0.3 is 9.15 Å². The number of para-hydroxylation sites is 1. The molecule has 2 amide bonds. The number of tetrazole rings is 1. The van der Waals surface area contributed by atoms with Crippen LogP contribution in [0, 0.1) is 0 Å². The Morgan fingerprint density at radius 3 is 2.80 bits per heavy atom. The molecule has 2 aromatic heterocycles. The van der Waals surface area contributed by atoms with Gasteiger partial charge in [-0.3, -0.25) is 20.4 Å². The van der Waals surface area contributed by atoms with Crippen LogP contribution in [0.4, 0.5) is 0 Å². The summed E-state index contributed by atoms with van der Waals surface area (Å²) in [5.74, 6) is 0.324. The summed E-state index contributed by atoms with van der Waals surface area (Å²) < 4.78 is 12.8. The maximum atomic E-state index is 12.3. The number of nitrogens with one attached hydrogen (secondary N) is 2. The minimum atomic E-state index is -0.561. The van der Waals surface area contributed by atoms with Crippen LogP contribution in [0.2, 0.25) is 0 Å². The molecule has 0 spiro atoms. The zero-order valence-electron chi connectivity index (χ0n) is 16.1. The lowest BCUT2D eigenvalue weighted by atomic mass is 10.3. The van der Waals surface area contributed by atoms with Crippen LogP contribution in [-0.4, -0.2) is 37.3 Å². The Morgan fingerprint density at radius 2 is 2.03 bits per heavy atom. The van der Waals surface area contributed by atoms with Crippen molar-refractivity contribution in [2.75, 3.05) is 0 Å². The van der Waals surface area contributed by atoms with E-state index in [2.05, 4.69) is 26.4 Å². The van der Waals surface area contributed by atoms with E-state index in [0.29, 0.717) is 22.7 Å². The number of aromatic nitrogens is 4. The summed E-state index contributed by atoms with van der Waals surface area (Å²) in [5, 5.41) is 11.7. The zero-order chi connectivity index (χ0) is 20.9. The summed E-state index contributed by atoms with van der Waals surface area (Å²) in [5.41, 5.74) is 4.75. The first kappa shape index (κ1) is 20.0. The van der Waals surface area contributed by atoms with Gasteiger partial charge in [0.05, 0.1) is 11.3 Å². The molecule has 4 rings (SSSR count). The van der Waals surface area contributed by atoms with Crippen LogP contribution in [0.3, 0.4) is 0 Å². The molecule has 1 atom stereocenters. The molecule has 11 heteroatoms.